The highest BCUT2D eigenvalue weighted by atomic mass is 79.9. The Bertz CT molecular complexity index is 457. The molecule has 96 valence electrons. The number of carbonyl (C=O) groups is 1. The summed E-state index contributed by atoms with van der Waals surface area (Å²) in [7, 11) is 0. The average Bonchev–Trinajstić information content (AvgIpc) is 2.38. The molecular weight excluding hydrogens is 300 g/mol. The van der Waals surface area contributed by atoms with E-state index in [4.69, 9.17) is 15.1 Å². The van der Waals surface area contributed by atoms with E-state index in [1.807, 2.05) is 6.07 Å². The summed E-state index contributed by atoms with van der Waals surface area (Å²) < 4.78 is 6.06. The molecule has 1 aromatic rings. The zero-order valence-corrected chi connectivity index (χ0v) is 11.2. The summed E-state index contributed by atoms with van der Waals surface area (Å²) in [5.74, 6) is 0.233. The minimum atomic E-state index is -0.279. The van der Waals surface area contributed by atoms with Gasteiger partial charge in [0, 0.05) is 11.0 Å². The van der Waals surface area contributed by atoms with Gasteiger partial charge in [0.15, 0.2) is 6.61 Å². The number of aliphatic hydroxyl groups is 1. The van der Waals surface area contributed by atoms with Crippen LogP contribution in [0.25, 0.3) is 0 Å². The van der Waals surface area contributed by atoms with Crippen LogP contribution in [0.3, 0.4) is 0 Å². The van der Waals surface area contributed by atoms with Gasteiger partial charge in [-0.15, -0.1) is 0 Å². The van der Waals surface area contributed by atoms with Gasteiger partial charge in [-0.2, -0.15) is 5.26 Å². The van der Waals surface area contributed by atoms with Crippen LogP contribution in [0.2, 0.25) is 0 Å². The number of nitriles is 1. The largest absolute Gasteiger partial charge is 0.484 e. The Balaban J connectivity index is 2.44. The molecule has 0 aromatic heterocycles. The van der Waals surface area contributed by atoms with Crippen molar-refractivity contribution >= 4 is 21.8 Å². The Kier molecular flexibility index (Phi) is 6.19. The van der Waals surface area contributed by atoms with Crippen molar-refractivity contribution in [2.75, 3.05) is 13.2 Å². The van der Waals surface area contributed by atoms with E-state index in [9.17, 15) is 4.79 Å². The molecule has 0 aliphatic carbocycles. The molecule has 0 spiro atoms. The number of carbonyl (C=O) groups excluding carboxylic acids is 1. The number of aliphatic hydroxyl groups excluding tert-OH is 1. The summed E-state index contributed by atoms with van der Waals surface area (Å²) in [6, 6.07) is 7.03. The third-order valence-corrected chi connectivity index (χ3v) is 2.89. The fraction of sp³-hybridized carbons (Fsp3) is 0.333. The highest BCUT2D eigenvalue weighted by molar-refractivity contribution is 9.10. The summed E-state index contributed by atoms with van der Waals surface area (Å²) in [6.07, 6.45) is 0.276. The van der Waals surface area contributed by atoms with E-state index < -0.39 is 0 Å². The van der Waals surface area contributed by atoms with Gasteiger partial charge in [-0.3, -0.25) is 4.79 Å². The maximum absolute atomic E-state index is 11.3. The van der Waals surface area contributed by atoms with Gasteiger partial charge in [0.1, 0.15) is 5.75 Å². The van der Waals surface area contributed by atoms with E-state index in [1.165, 1.54) is 0 Å². The van der Waals surface area contributed by atoms with Crippen LogP contribution in [-0.2, 0) is 11.4 Å². The van der Waals surface area contributed by atoms with Crippen LogP contribution < -0.4 is 10.1 Å². The molecule has 18 heavy (non-hydrogen) atoms. The molecule has 0 heterocycles. The summed E-state index contributed by atoms with van der Waals surface area (Å²) in [5, 5.41) is 19.9. The molecule has 0 bridgehead atoms. The van der Waals surface area contributed by atoms with E-state index in [2.05, 4.69) is 21.2 Å². The number of nitrogens with one attached hydrogen (secondary N) is 1. The van der Waals surface area contributed by atoms with Crippen molar-refractivity contribution in [1.82, 2.24) is 5.32 Å². The first-order chi connectivity index (χ1) is 8.67. The van der Waals surface area contributed by atoms with Crippen molar-refractivity contribution in [1.29, 1.82) is 5.26 Å². The van der Waals surface area contributed by atoms with Crippen LogP contribution in [0.15, 0.2) is 22.7 Å². The van der Waals surface area contributed by atoms with Gasteiger partial charge >= 0.3 is 0 Å². The maximum Gasteiger partial charge on any atom is 0.257 e. The lowest BCUT2D eigenvalue weighted by Gasteiger charge is -2.08. The van der Waals surface area contributed by atoms with E-state index in [1.54, 1.807) is 18.2 Å². The second-order valence-corrected chi connectivity index (χ2v) is 4.31. The van der Waals surface area contributed by atoms with Crippen LogP contribution in [0.5, 0.6) is 5.75 Å². The van der Waals surface area contributed by atoms with Gasteiger partial charge < -0.3 is 15.2 Å². The first-order valence-corrected chi connectivity index (χ1v) is 6.12. The minimum Gasteiger partial charge on any atom is -0.484 e. The molecular formula is C12H13BrN2O3. The lowest BCUT2D eigenvalue weighted by Crippen LogP contribution is -2.29. The number of nitrogens with zero attached hydrogens (tertiary/aromatic N) is 1. The van der Waals surface area contributed by atoms with Gasteiger partial charge in [0.2, 0.25) is 0 Å². The number of hydrogen-bond acceptors (Lipinski definition) is 4. The summed E-state index contributed by atoms with van der Waals surface area (Å²) >= 11 is 3.29. The Morgan fingerprint density at radius 2 is 2.33 bits per heavy atom. The van der Waals surface area contributed by atoms with Crippen LogP contribution in [0.1, 0.15) is 12.0 Å². The summed E-state index contributed by atoms with van der Waals surface area (Å²) in [6.45, 7) is 0.102. The standard InChI is InChI=1S/C12H13BrN2O3/c13-11-3-2-10(6-9(11)7-16)18-8-12(17)15-5-1-4-14/h2-3,6,16H,1,5,7-8H2,(H,15,17). The third kappa shape index (κ3) is 4.73. The second kappa shape index (κ2) is 7.69. The number of hydrogen-bond donors (Lipinski definition) is 2. The highest BCUT2D eigenvalue weighted by Crippen LogP contribution is 2.22. The van der Waals surface area contributed by atoms with Gasteiger partial charge in [-0.25, -0.2) is 0 Å². The molecule has 0 atom stereocenters. The van der Waals surface area contributed by atoms with Gasteiger partial charge in [-0.05, 0) is 23.8 Å². The Labute approximate surface area is 114 Å². The summed E-state index contributed by atoms with van der Waals surface area (Å²) in [4.78, 5) is 11.3. The van der Waals surface area contributed by atoms with Gasteiger partial charge in [-0.1, -0.05) is 15.9 Å². The maximum atomic E-state index is 11.3. The fourth-order valence-electron chi connectivity index (χ4n) is 1.22. The SMILES string of the molecule is N#CCCNC(=O)COc1ccc(Br)c(CO)c1. The van der Waals surface area contributed by atoms with E-state index in [-0.39, 0.29) is 25.5 Å². The summed E-state index contributed by atoms with van der Waals surface area (Å²) in [5.41, 5.74) is 0.692. The zero-order valence-electron chi connectivity index (χ0n) is 9.65. The number of ether oxygens (including phenoxy) is 1. The van der Waals surface area contributed by atoms with Crippen LogP contribution in [0, 0.1) is 11.3 Å². The van der Waals surface area contributed by atoms with Gasteiger partial charge in [0.25, 0.3) is 5.91 Å². The van der Waals surface area contributed by atoms with Crippen molar-refractivity contribution < 1.29 is 14.6 Å². The lowest BCUT2D eigenvalue weighted by atomic mass is 10.2. The molecule has 0 radical (unpaired) electrons. The fourth-order valence-corrected chi connectivity index (χ4v) is 1.59. The molecule has 1 aromatic carbocycles. The molecule has 1 rings (SSSR count). The Morgan fingerprint density at radius 3 is 3.00 bits per heavy atom. The molecule has 0 saturated carbocycles. The smallest absolute Gasteiger partial charge is 0.257 e. The third-order valence-electron chi connectivity index (χ3n) is 2.12. The van der Waals surface area contributed by atoms with Gasteiger partial charge in [0.05, 0.1) is 19.1 Å². The molecule has 2 N–H and O–H groups in total. The Hall–Kier alpha value is -1.58. The van der Waals surface area contributed by atoms with Crippen LogP contribution >= 0.6 is 15.9 Å². The van der Waals surface area contributed by atoms with E-state index in [0.717, 1.165) is 4.47 Å². The molecule has 0 aliphatic heterocycles. The molecule has 0 fully saturated rings. The topological polar surface area (TPSA) is 82.4 Å². The molecule has 6 heteroatoms. The Morgan fingerprint density at radius 1 is 1.56 bits per heavy atom. The number of halogens is 1. The second-order valence-electron chi connectivity index (χ2n) is 3.46. The number of amides is 1. The lowest BCUT2D eigenvalue weighted by molar-refractivity contribution is -0.123. The van der Waals surface area contributed by atoms with Crippen molar-refractivity contribution in [3.8, 4) is 11.8 Å². The first-order valence-electron chi connectivity index (χ1n) is 5.33. The van der Waals surface area contributed by atoms with Crippen molar-refractivity contribution in [2.24, 2.45) is 0 Å². The molecule has 0 unspecified atom stereocenters. The normalized spacial score (nSPS) is 9.61. The predicted molar refractivity (Wildman–Crippen MR) is 68.8 cm³/mol. The monoisotopic (exact) mass is 312 g/mol. The van der Waals surface area contributed by atoms with E-state index in [0.29, 0.717) is 17.9 Å². The number of rotatable bonds is 6. The first kappa shape index (κ1) is 14.5. The van der Waals surface area contributed by atoms with Crippen molar-refractivity contribution in [2.45, 2.75) is 13.0 Å². The molecule has 1 amide bonds. The minimum absolute atomic E-state index is 0.105. The molecule has 5 nitrogen and oxygen atoms in total. The van der Waals surface area contributed by atoms with Crippen LogP contribution in [0.4, 0.5) is 0 Å². The average molecular weight is 313 g/mol. The highest BCUT2D eigenvalue weighted by Gasteiger charge is 2.04. The van der Waals surface area contributed by atoms with Crippen molar-refractivity contribution in [3.05, 3.63) is 28.2 Å². The number of benzene rings is 1. The van der Waals surface area contributed by atoms with Crippen LogP contribution in [-0.4, -0.2) is 24.2 Å². The molecule has 0 saturated heterocycles. The van der Waals surface area contributed by atoms with Crippen molar-refractivity contribution in [3.63, 3.8) is 0 Å². The molecule has 0 aliphatic rings. The predicted octanol–water partition coefficient (Wildman–Crippen LogP) is 1.35. The van der Waals surface area contributed by atoms with E-state index >= 15 is 0 Å². The quantitative estimate of drug-likeness (QED) is 0.777. The zero-order chi connectivity index (χ0) is 13.4.